The Morgan fingerprint density at radius 2 is 2.10 bits per heavy atom. The number of nitrogens with two attached hydrogens (primary N) is 1. The molecular formula is C17H23N3. The summed E-state index contributed by atoms with van der Waals surface area (Å²) in [6.07, 6.45) is 7.70. The Bertz CT molecular complexity index is 611. The number of hydrogen-bond donors (Lipinski definition) is 1. The van der Waals surface area contributed by atoms with Crippen LogP contribution in [0.1, 0.15) is 42.3 Å². The van der Waals surface area contributed by atoms with Crippen molar-refractivity contribution >= 4 is 0 Å². The molecule has 2 aromatic rings. The van der Waals surface area contributed by atoms with E-state index in [1.165, 1.54) is 41.0 Å². The summed E-state index contributed by atoms with van der Waals surface area (Å²) < 4.78 is 2.28. The van der Waals surface area contributed by atoms with Crippen molar-refractivity contribution < 1.29 is 0 Å². The van der Waals surface area contributed by atoms with Gasteiger partial charge in [0.15, 0.2) is 0 Å². The summed E-state index contributed by atoms with van der Waals surface area (Å²) in [6.45, 7) is 4.20. The predicted molar refractivity (Wildman–Crippen MR) is 82.3 cm³/mol. The summed E-state index contributed by atoms with van der Waals surface area (Å²) in [4.78, 5) is 4.61. The first kappa shape index (κ1) is 13.4. The zero-order valence-electron chi connectivity index (χ0n) is 12.4. The average molecular weight is 269 g/mol. The molecule has 3 nitrogen and oxygen atoms in total. The van der Waals surface area contributed by atoms with Gasteiger partial charge < -0.3 is 10.3 Å². The topological polar surface area (TPSA) is 43.8 Å². The van der Waals surface area contributed by atoms with E-state index in [-0.39, 0.29) is 6.04 Å². The van der Waals surface area contributed by atoms with Gasteiger partial charge in [-0.05, 0) is 57.6 Å². The predicted octanol–water partition coefficient (Wildman–Crippen LogP) is 2.95. The first-order chi connectivity index (χ1) is 9.65. The van der Waals surface area contributed by atoms with Gasteiger partial charge in [0, 0.05) is 11.7 Å². The Hall–Kier alpha value is -1.61. The number of aryl methyl sites for hydroxylation is 2. The molecule has 2 N–H and O–H groups in total. The van der Waals surface area contributed by atoms with Crippen molar-refractivity contribution in [3.05, 3.63) is 47.0 Å². The molecule has 0 fully saturated rings. The lowest BCUT2D eigenvalue weighted by molar-refractivity contribution is 0.654. The summed E-state index contributed by atoms with van der Waals surface area (Å²) in [5.41, 5.74) is 12.6. The van der Waals surface area contributed by atoms with Crippen molar-refractivity contribution in [2.24, 2.45) is 5.73 Å². The molecular weight excluding hydrogens is 246 g/mol. The molecule has 1 aliphatic carbocycles. The Morgan fingerprint density at radius 3 is 2.90 bits per heavy atom. The van der Waals surface area contributed by atoms with Crippen molar-refractivity contribution in [1.82, 2.24) is 9.55 Å². The molecule has 0 spiro atoms. The summed E-state index contributed by atoms with van der Waals surface area (Å²) in [7, 11) is 0. The zero-order valence-corrected chi connectivity index (χ0v) is 12.4. The normalized spacial score (nSPS) is 15.9. The van der Waals surface area contributed by atoms with Crippen LogP contribution in [-0.4, -0.2) is 15.6 Å². The van der Waals surface area contributed by atoms with Gasteiger partial charge in [0.05, 0.1) is 17.7 Å². The number of nitrogens with zero attached hydrogens (tertiary/aromatic N) is 2. The van der Waals surface area contributed by atoms with Crippen LogP contribution in [0.25, 0.3) is 5.69 Å². The van der Waals surface area contributed by atoms with E-state index < -0.39 is 0 Å². The molecule has 106 valence electrons. The second-order valence-electron chi connectivity index (χ2n) is 6.03. The molecule has 3 heteroatoms. The highest BCUT2D eigenvalue weighted by molar-refractivity contribution is 5.46. The van der Waals surface area contributed by atoms with E-state index in [0.717, 1.165) is 19.3 Å². The van der Waals surface area contributed by atoms with Gasteiger partial charge in [-0.25, -0.2) is 4.98 Å². The van der Waals surface area contributed by atoms with Gasteiger partial charge in [-0.2, -0.15) is 0 Å². The van der Waals surface area contributed by atoms with E-state index >= 15 is 0 Å². The molecule has 1 aromatic heterocycles. The third-order valence-electron chi connectivity index (χ3n) is 4.07. The molecule has 1 atom stereocenters. The Morgan fingerprint density at radius 1 is 1.30 bits per heavy atom. The maximum atomic E-state index is 6.01. The van der Waals surface area contributed by atoms with Crippen LogP contribution in [0.15, 0.2) is 24.5 Å². The number of aromatic nitrogens is 2. The molecule has 3 rings (SSSR count). The highest BCUT2D eigenvalue weighted by Gasteiger charge is 2.17. The summed E-state index contributed by atoms with van der Waals surface area (Å²) in [5, 5.41) is 0. The van der Waals surface area contributed by atoms with Gasteiger partial charge in [0.25, 0.3) is 0 Å². The van der Waals surface area contributed by atoms with E-state index in [1.807, 2.05) is 6.33 Å². The van der Waals surface area contributed by atoms with E-state index in [2.05, 4.69) is 41.6 Å². The van der Waals surface area contributed by atoms with Crippen LogP contribution >= 0.6 is 0 Å². The van der Waals surface area contributed by atoms with Gasteiger partial charge in [0.2, 0.25) is 0 Å². The van der Waals surface area contributed by atoms with Gasteiger partial charge in [-0.3, -0.25) is 0 Å². The smallest absolute Gasteiger partial charge is 0.0997 e. The van der Waals surface area contributed by atoms with Crippen LogP contribution in [0, 0.1) is 6.92 Å². The number of imidazole rings is 1. The molecule has 1 unspecified atom stereocenters. The summed E-state index contributed by atoms with van der Waals surface area (Å²) in [6, 6.07) is 6.82. The van der Waals surface area contributed by atoms with Crippen molar-refractivity contribution in [3.63, 3.8) is 0 Å². The van der Waals surface area contributed by atoms with Gasteiger partial charge in [-0.1, -0.05) is 17.7 Å². The van der Waals surface area contributed by atoms with Crippen molar-refractivity contribution in [2.45, 2.75) is 52.0 Å². The fourth-order valence-corrected chi connectivity index (χ4v) is 3.14. The molecule has 0 radical (unpaired) electrons. The van der Waals surface area contributed by atoms with Gasteiger partial charge in [0.1, 0.15) is 0 Å². The van der Waals surface area contributed by atoms with E-state index in [0.29, 0.717) is 0 Å². The lowest BCUT2D eigenvalue weighted by Gasteiger charge is -2.18. The van der Waals surface area contributed by atoms with E-state index in [4.69, 9.17) is 5.73 Å². The maximum Gasteiger partial charge on any atom is 0.0997 e. The molecule has 1 aliphatic rings. The third-order valence-corrected chi connectivity index (χ3v) is 4.07. The molecule has 0 amide bonds. The molecule has 1 heterocycles. The summed E-state index contributed by atoms with van der Waals surface area (Å²) in [5.74, 6) is 0. The monoisotopic (exact) mass is 269 g/mol. The molecule has 1 aromatic carbocycles. The maximum absolute atomic E-state index is 6.01. The van der Waals surface area contributed by atoms with Crippen LogP contribution in [0.4, 0.5) is 0 Å². The Labute approximate surface area is 120 Å². The second-order valence-corrected chi connectivity index (χ2v) is 6.03. The van der Waals surface area contributed by atoms with Crippen LogP contribution < -0.4 is 5.73 Å². The van der Waals surface area contributed by atoms with Crippen molar-refractivity contribution in [3.8, 4) is 5.69 Å². The van der Waals surface area contributed by atoms with Crippen LogP contribution in [-0.2, 0) is 19.3 Å². The van der Waals surface area contributed by atoms with Gasteiger partial charge in [-0.15, -0.1) is 0 Å². The fourth-order valence-electron chi connectivity index (χ4n) is 3.14. The third kappa shape index (κ3) is 2.50. The van der Waals surface area contributed by atoms with Crippen LogP contribution in [0.2, 0.25) is 0 Å². The molecule has 0 saturated carbocycles. The standard InChI is InChI=1S/C17H23N3/c1-12-7-8-16(14(9-12)10-13(2)18)20-11-19-15-5-3-4-6-17(15)20/h7-9,11,13H,3-6,10,18H2,1-2H3. The number of hydrogen-bond acceptors (Lipinski definition) is 2. The molecule has 0 aliphatic heterocycles. The molecule has 0 saturated heterocycles. The van der Waals surface area contributed by atoms with Crippen molar-refractivity contribution in [1.29, 1.82) is 0 Å². The highest BCUT2D eigenvalue weighted by atomic mass is 15.1. The van der Waals surface area contributed by atoms with Crippen molar-refractivity contribution in [2.75, 3.05) is 0 Å². The minimum absolute atomic E-state index is 0.176. The minimum atomic E-state index is 0.176. The SMILES string of the molecule is Cc1ccc(-n2cnc3c2CCCC3)c(CC(C)N)c1. The fraction of sp³-hybridized carbons (Fsp3) is 0.471. The number of benzene rings is 1. The zero-order chi connectivity index (χ0) is 14.1. The number of rotatable bonds is 3. The van der Waals surface area contributed by atoms with Crippen LogP contribution in [0.3, 0.4) is 0 Å². The van der Waals surface area contributed by atoms with E-state index in [9.17, 15) is 0 Å². The summed E-state index contributed by atoms with van der Waals surface area (Å²) >= 11 is 0. The first-order valence-corrected chi connectivity index (χ1v) is 7.55. The first-order valence-electron chi connectivity index (χ1n) is 7.55. The van der Waals surface area contributed by atoms with Gasteiger partial charge >= 0.3 is 0 Å². The number of fused-ring (bicyclic) bond motifs is 1. The highest BCUT2D eigenvalue weighted by Crippen LogP contribution is 2.26. The van der Waals surface area contributed by atoms with E-state index in [1.54, 1.807) is 0 Å². The molecule has 20 heavy (non-hydrogen) atoms. The lowest BCUT2D eigenvalue weighted by atomic mass is 9.99. The Balaban J connectivity index is 2.07. The lowest BCUT2D eigenvalue weighted by Crippen LogP contribution is -2.19. The quantitative estimate of drug-likeness (QED) is 0.931. The Kier molecular flexibility index (Phi) is 3.62. The van der Waals surface area contributed by atoms with Crippen LogP contribution in [0.5, 0.6) is 0 Å². The minimum Gasteiger partial charge on any atom is -0.328 e. The molecule has 0 bridgehead atoms. The second kappa shape index (κ2) is 5.41. The average Bonchev–Trinajstić information content (AvgIpc) is 2.82. The largest absolute Gasteiger partial charge is 0.328 e.